The molecule has 1 aromatic carbocycles. The Hall–Kier alpha value is -3.68. The number of ether oxygens (including phenoxy) is 3. The number of benzene rings is 1. The van der Waals surface area contributed by atoms with Crippen LogP contribution in [0.2, 0.25) is 0 Å². The van der Waals surface area contributed by atoms with E-state index in [0.717, 1.165) is 36.8 Å². The zero-order valence-electron chi connectivity index (χ0n) is 32.9. The van der Waals surface area contributed by atoms with Crippen molar-refractivity contribution in [3.8, 4) is 11.5 Å². The third-order valence-electron chi connectivity index (χ3n) is 13.3. The fourth-order valence-corrected chi connectivity index (χ4v) is 10.8. The SMILES string of the molecule is CC[C@H]1C[C@@]1(CC(=O)C1C[C@@H](OC(=O)N2Cc3cc4c(cc3C2)OCO4)CN1C(=O)[C@@H](CC(=O)[C@@H](C)C1CCCCC1)C(C)(C)C)C(=O)NS(=O)(=O)C1CC1. The zero-order valence-corrected chi connectivity index (χ0v) is 33.7. The minimum absolute atomic E-state index is 0.0330. The number of ketones is 2. The van der Waals surface area contributed by atoms with E-state index >= 15 is 0 Å². The number of likely N-dealkylation sites (tertiary alicyclic amines) is 1. The van der Waals surface area contributed by atoms with Crippen molar-refractivity contribution in [2.75, 3.05) is 13.3 Å². The summed E-state index contributed by atoms with van der Waals surface area (Å²) in [5.41, 5.74) is 0.0132. The minimum atomic E-state index is -3.83. The van der Waals surface area contributed by atoms with E-state index in [9.17, 15) is 32.4 Å². The van der Waals surface area contributed by atoms with Crippen molar-refractivity contribution < 1.29 is 46.6 Å². The molecule has 3 saturated carbocycles. The molecule has 13 nitrogen and oxygen atoms in total. The maximum atomic E-state index is 14.8. The van der Waals surface area contributed by atoms with E-state index in [2.05, 4.69) is 4.72 Å². The largest absolute Gasteiger partial charge is 0.454 e. The standard InChI is InChI=1S/C41H57N3O10S/c1-6-28-18-41(28,38(48)42-55(50,51)30-12-13-30)19-34(46)32-16-29(54-39(49)43-20-26-14-35-36(53-23-52-35)15-27(26)21-43)22-44(32)37(47)31(40(3,4)5)17-33(45)24(2)25-10-8-7-9-11-25/h14-15,24-25,28-32H,6-13,16-23H2,1-5H3,(H,42,48)/t24-,28-,29+,31+,32?,41-/m0/s1. The lowest BCUT2D eigenvalue weighted by Gasteiger charge is -2.36. The second kappa shape index (κ2) is 15.0. The van der Waals surface area contributed by atoms with Crippen molar-refractivity contribution in [1.29, 1.82) is 0 Å². The summed E-state index contributed by atoms with van der Waals surface area (Å²) in [4.78, 5) is 73.4. The summed E-state index contributed by atoms with van der Waals surface area (Å²) in [7, 11) is -3.83. The molecule has 6 atom stereocenters. The maximum Gasteiger partial charge on any atom is 0.410 e. The van der Waals surface area contributed by atoms with Crippen molar-refractivity contribution in [3.63, 3.8) is 0 Å². The van der Waals surface area contributed by atoms with Crippen LogP contribution in [0.1, 0.15) is 123 Å². The first-order valence-electron chi connectivity index (χ1n) is 20.3. The summed E-state index contributed by atoms with van der Waals surface area (Å²) < 4.78 is 44.9. The summed E-state index contributed by atoms with van der Waals surface area (Å²) in [6, 6.07) is 2.71. The highest BCUT2D eigenvalue weighted by atomic mass is 32.2. The van der Waals surface area contributed by atoms with E-state index in [0.29, 0.717) is 50.3 Å². The average Bonchev–Trinajstić information content (AvgIpc) is 3.97. The zero-order chi connectivity index (χ0) is 39.4. The van der Waals surface area contributed by atoms with Crippen molar-refractivity contribution in [2.45, 2.75) is 142 Å². The van der Waals surface area contributed by atoms with Crippen LogP contribution in [0.15, 0.2) is 12.1 Å². The van der Waals surface area contributed by atoms with Gasteiger partial charge in [-0.1, -0.05) is 60.3 Å². The molecule has 0 bridgehead atoms. The van der Waals surface area contributed by atoms with Gasteiger partial charge >= 0.3 is 6.09 Å². The van der Waals surface area contributed by atoms with Crippen LogP contribution >= 0.6 is 0 Å². The highest BCUT2D eigenvalue weighted by molar-refractivity contribution is 7.90. The molecule has 302 valence electrons. The van der Waals surface area contributed by atoms with E-state index in [1.807, 2.05) is 46.8 Å². The van der Waals surface area contributed by atoms with Gasteiger partial charge < -0.3 is 19.1 Å². The van der Waals surface area contributed by atoms with Crippen molar-refractivity contribution in [3.05, 3.63) is 23.3 Å². The molecule has 14 heteroatoms. The van der Waals surface area contributed by atoms with Crippen molar-refractivity contribution in [2.24, 2.45) is 34.5 Å². The topological polar surface area (TPSA) is 166 Å². The average molecular weight is 784 g/mol. The fraction of sp³-hybridized carbons (Fsp3) is 0.732. The van der Waals surface area contributed by atoms with Gasteiger partial charge in [-0.05, 0) is 72.6 Å². The van der Waals surface area contributed by atoms with Gasteiger partial charge in [0.05, 0.1) is 23.3 Å². The first-order chi connectivity index (χ1) is 26.0. The van der Waals surface area contributed by atoms with Crippen LogP contribution in [0.3, 0.4) is 0 Å². The van der Waals surface area contributed by atoms with Gasteiger partial charge in [0.1, 0.15) is 11.9 Å². The molecule has 7 rings (SSSR count). The number of nitrogens with zero attached hydrogens (tertiary/aromatic N) is 2. The van der Waals surface area contributed by atoms with Gasteiger partial charge in [-0.3, -0.25) is 28.8 Å². The summed E-state index contributed by atoms with van der Waals surface area (Å²) >= 11 is 0. The Labute approximate surface area is 324 Å². The van der Waals surface area contributed by atoms with Crippen LogP contribution < -0.4 is 14.2 Å². The number of carbonyl (C=O) groups is 5. The Morgan fingerprint density at radius 3 is 2.18 bits per heavy atom. The third-order valence-corrected chi connectivity index (χ3v) is 15.2. The van der Waals surface area contributed by atoms with Crippen molar-refractivity contribution in [1.82, 2.24) is 14.5 Å². The Balaban J connectivity index is 1.10. The Morgan fingerprint density at radius 2 is 1.62 bits per heavy atom. The number of amides is 3. The number of fused-ring (bicyclic) bond motifs is 2. The Kier molecular flexibility index (Phi) is 10.8. The van der Waals surface area contributed by atoms with Gasteiger partial charge in [0.25, 0.3) is 0 Å². The lowest BCUT2D eigenvalue weighted by atomic mass is 9.72. The molecule has 1 saturated heterocycles. The maximum absolute atomic E-state index is 14.8. The summed E-state index contributed by atoms with van der Waals surface area (Å²) in [5.74, 6) is -0.917. The van der Waals surface area contributed by atoms with Crippen LogP contribution in [0, 0.1) is 34.5 Å². The number of rotatable bonds is 13. The van der Waals surface area contributed by atoms with Gasteiger partial charge in [-0.15, -0.1) is 0 Å². The highest BCUT2D eigenvalue weighted by Gasteiger charge is 2.62. The van der Waals surface area contributed by atoms with Crippen LogP contribution in [-0.4, -0.2) is 78.4 Å². The van der Waals surface area contributed by atoms with Gasteiger partial charge in [-0.2, -0.15) is 0 Å². The molecule has 3 amide bonds. The van der Waals surface area contributed by atoms with Gasteiger partial charge in [-0.25, -0.2) is 13.2 Å². The normalized spacial score (nSPS) is 27.3. The quantitative estimate of drug-likeness (QED) is 0.264. The molecule has 3 aliphatic carbocycles. The molecule has 0 spiro atoms. The lowest BCUT2D eigenvalue weighted by molar-refractivity contribution is -0.147. The van der Waals surface area contributed by atoms with E-state index in [1.54, 1.807) is 4.90 Å². The second-order valence-corrected chi connectivity index (χ2v) is 20.1. The van der Waals surface area contributed by atoms with Crippen LogP contribution in [-0.2, 0) is 47.0 Å². The number of carbonyl (C=O) groups excluding carboxylic acids is 5. The predicted octanol–water partition coefficient (Wildman–Crippen LogP) is 5.66. The Bertz CT molecular complexity index is 1800. The first-order valence-corrected chi connectivity index (χ1v) is 21.8. The number of hydrogen-bond acceptors (Lipinski definition) is 10. The molecule has 55 heavy (non-hydrogen) atoms. The predicted molar refractivity (Wildman–Crippen MR) is 201 cm³/mol. The van der Waals surface area contributed by atoms with Crippen molar-refractivity contribution >= 4 is 39.5 Å². The van der Waals surface area contributed by atoms with E-state index in [4.69, 9.17) is 14.2 Å². The molecular weight excluding hydrogens is 727 g/mol. The van der Waals surface area contributed by atoms with Crippen LogP contribution in [0.5, 0.6) is 11.5 Å². The summed E-state index contributed by atoms with van der Waals surface area (Å²) in [6.45, 7) is 10.4. The van der Waals surface area contributed by atoms with E-state index in [1.165, 1.54) is 11.3 Å². The number of hydrogen-bond donors (Lipinski definition) is 1. The summed E-state index contributed by atoms with van der Waals surface area (Å²) in [6.07, 6.45) is 5.75. The lowest BCUT2D eigenvalue weighted by Crippen LogP contribution is -2.49. The molecule has 3 heterocycles. The van der Waals surface area contributed by atoms with Crippen LogP contribution in [0.4, 0.5) is 4.79 Å². The second-order valence-electron chi connectivity index (χ2n) is 18.1. The minimum Gasteiger partial charge on any atom is -0.454 e. The molecule has 1 unspecified atom stereocenters. The van der Waals surface area contributed by atoms with E-state index < -0.39 is 56.2 Å². The molecule has 0 aromatic heterocycles. The number of nitrogens with one attached hydrogen (secondary N) is 1. The highest BCUT2D eigenvalue weighted by Crippen LogP contribution is 2.58. The molecule has 6 aliphatic rings. The van der Waals surface area contributed by atoms with Crippen LogP contribution in [0.25, 0.3) is 0 Å². The third kappa shape index (κ3) is 8.12. The number of Topliss-reactive ketones (excluding diaryl/α,β-unsaturated/α-hetero) is 2. The number of sulfonamides is 1. The molecule has 0 radical (unpaired) electrons. The van der Waals surface area contributed by atoms with Gasteiger partial charge in [0, 0.05) is 44.2 Å². The monoisotopic (exact) mass is 783 g/mol. The molecule has 3 aliphatic heterocycles. The van der Waals surface area contributed by atoms with Gasteiger partial charge in [0.2, 0.25) is 28.6 Å². The molecule has 4 fully saturated rings. The first kappa shape index (κ1) is 39.6. The smallest absolute Gasteiger partial charge is 0.410 e. The van der Waals surface area contributed by atoms with E-state index in [-0.39, 0.29) is 67.8 Å². The van der Waals surface area contributed by atoms with Gasteiger partial charge in [0.15, 0.2) is 17.3 Å². The Morgan fingerprint density at radius 1 is 0.982 bits per heavy atom. The molecular formula is C41H57N3O10S. The molecule has 1 aromatic rings. The molecule has 1 N–H and O–H groups in total. The fourth-order valence-electron chi connectivity index (χ4n) is 9.43. The summed E-state index contributed by atoms with van der Waals surface area (Å²) in [5, 5.41) is -0.592.